The molecule has 0 spiro atoms. The van der Waals surface area contributed by atoms with E-state index in [-0.39, 0.29) is 5.91 Å². The summed E-state index contributed by atoms with van der Waals surface area (Å²) in [5.74, 6) is 5.36. The Labute approximate surface area is 111 Å². The van der Waals surface area contributed by atoms with Crippen molar-refractivity contribution in [1.29, 1.82) is 0 Å². The Morgan fingerprint density at radius 1 is 1.50 bits per heavy atom. The molecule has 7 nitrogen and oxygen atoms in total. The summed E-state index contributed by atoms with van der Waals surface area (Å²) in [6.45, 7) is 0.381. The second kappa shape index (κ2) is 5.61. The summed E-state index contributed by atoms with van der Waals surface area (Å²) in [5.41, 5.74) is 3.64. The zero-order valence-electron chi connectivity index (χ0n) is 9.27. The molecule has 2 rings (SSSR count). The van der Waals surface area contributed by atoms with E-state index in [9.17, 15) is 4.79 Å². The number of aromatic amines is 1. The number of halogens is 1. The molecule has 8 heteroatoms. The Bertz CT molecular complexity index is 541. The first-order chi connectivity index (χ1) is 8.70. The van der Waals surface area contributed by atoms with E-state index in [1.54, 1.807) is 24.7 Å². The number of nitrogens with one attached hydrogen (secondary N) is 3. The highest BCUT2D eigenvalue weighted by molar-refractivity contribution is 9.10. The summed E-state index contributed by atoms with van der Waals surface area (Å²) < 4.78 is 0.704. The normalized spacial score (nSPS) is 10.1. The van der Waals surface area contributed by atoms with Crippen molar-refractivity contribution in [3.05, 3.63) is 40.3 Å². The van der Waals surface area contributed by atoms with E-state index in [0.29, 0.717) is 22.4 Å². The van der Waals surface area contributed by atoms with Gasteiger partial charge in [0, 0.05) is 29.0 Å². The van der Waals surface area contributed by atoms with E-state index in [1.807, 2.05) is 0 Å². The highest BCUT2D eigenvalue weighted by Gasteiger charge is 2.12. The van der Waals surface area contributed by atoms with E-state index >= 15 is 0 Å². The minimum Gasteiger partial charge on any atom is -0.348 e. The molecule has 2 heterocycles. The summed E-state index contributed by atoms with van der Waals surface area (Å²) >= 11 is 3.26. The van der Waals surface area contributed by atoms with E-state index in [1.165, 1.54) is 0 Å². The minimum absolute atomic E-state index is 0.266. The number of anilines is 1. The van der Waals surface area contributed by atoms with Crippen LogP contribution in [0, 0.1) is 0 Å². The molecule has 94 valence electrons. The highest BCUT2D eigenvalue weighted by atomic mass is 79.9. The molecule has 0 aliphatic carbocycles. The quantitative estimate of drug-likeness (QED) is 0.493. The second-order valence-electron chi connectivity index (χ2n) is 3.48. The lowest BCUT2D eigenvalue weighted by Gasteiger charge is -2.08. The number of aromatic nitrogens is 3. The van der Waals surface area contributed by atoms with Crippen molar-refractivity contribution in [2.24, 2.45) is 5.84 Å². The minimum atomic E-state index is -0.266. The molecule has 0 aromatic carbocycles. The summed E-state index contributed by atoms with van der Waals surface area (Å²) in [6, 6.07) is 1.65. The van der Waals surface area contributed by atoms with Crippen LogP contribution in [-0.4, -0.2) is 21.1 Å². The third-order valence-corrected chi connectivity index (χ3v) is 2.68. The van der Waals surface area contributed by atoms with Gasteiger partial charge in [0.15, 0.2) is 5.82 Å². The van der Waals surface area contributed by atoms with Crippen molar-refractivity contribution >= 4 is 27.7 Å². The number of hydrogen-bond donors (Lipinski definition) is 4. The Balaban J connectivity index is 2.10. The molecular weight excluding hydrogens is 300 g/mol. The fraction of sp³-hybridized carbons (Fsp3) is 0.100. The van der Waals surface area contributed by atoms with Crippen LogP contribution >= 0.6 is 15.9 Å². The van der Waals surface area contributed by atoms with Crippen LogP contribution in [0.15, 0.2) is 29.1 Å². The molecule has 0 radical (unpaired) electrons. The summed E-state index contributed by atoms with van der Waals surface area (Å²) in [4.78, 5) is 16.0. The number of hydrogen-bond acceptors (Lipinski definition) is 5. The largest absolute Gasteiger partial charge is 0.348 e. The van der Waals surface area contributed by atoms with Crippen molar-refractivity contribution in [2.75, 3.05) is 5.43 Å². The lowest BCUT2D eigenvalue weighted by atomic mass is 10.2. The zero-order valence-corrected chi connectivity index (χ0v) is 10.9. The standard InChI is InChI=1S/C10H11BrN6O/c11-7-1-8(9(17-12)13-5-7)10(18)14-2-6-3-15-16-4-6/h1,3-5H,2,12H2,(H,13,17)(H,14,18)(H,15,16). The first-order valence-electron chi connectivity index (χ1n) is 5.08. The third-order valence-electron chi connectivity index (χ3n) is 2.24. The first-order valence-corrected chi connectivity index (χ1v) is 5.88. The summed E-state index contributed by atoms with van der Waals surface area (Å²) in [5, 5.41) is 9.21. The Morgan fingerprint density at radius 3 is 3.00 bits per heavy atom. The molecule has 1 amide bonds. The zero-order chi connectivity index (χ0) is 13.0. The van der Waals surface area contributed by atoms with Crippen LogP contribution < -0.4 is 16.6 Å². The molecule has 2 aromatic rings. The van der Waals surface area contributed by atoms with Gasteiger partial charge in [0.25, 0.3) is 5.91 Å². The number of nitrogens with two attached hydrogens (primary N) is 1. The van der Waals surface area contributed by atoms with Crippen molar-refractivity contribution < 1.29 is 4.79 Å². The number of hydrazine groups is 1. The number of H-pyrrole nitrogens is 1. The SMILES string of the molecule is NNc1ncc(Br)cc1C(=O)NCc1cn[nH]c1. The molecule has 0 unspecified atom stereocenters. The van der Waals surface area contributed by atoms with Crippen LogP contribution in [0.4, 0.5) is 5.82 Å². The third kappa shape index (κ3) is 2.84. The molecule has 18 heavy (non-hydrogen) atoms. The van der Waals surface area contributed by atoms with Crippen molar-refractivity contribution in [3.63, 3.8) is 0 Å². The summed E-state index contributed by atoms with van der Waals surface area (Å²) in [7, 11) is 0. The number of rotatable bonds is 4. The summed E-state index contributed by atoms with van der Waals surface area (Å²) in [6.07, 6.45) is 4.91. The van der Waals surface area contributed by atoms with Crippen LogP contribution in [0.1, 0.15) is 15.9 Å². The maximum atomic E-state index is 12.0. The first kappa shape index (κ1) is 12.5. The number of carbonyl (C=O) groups is 1. The van der Waals surface area contributed by atoms with Crippen LogP contribution in [0.25, 0.3) is 0 Å². The number of nitrogens with zero attached hydrogens (tertiary/aromatic N) is 2. The van der Waals surface area contributed by atoms with E-state index < -0.39 is 0 Å². The molecule has 2 aromatic heterocycles. The van der Waals surface area contributed by atoms with Gasteiger partial charge in [-0.05, 0) is 22.0 Å². The monoisotopic (exact) mass is 310 g/mol. The molecule has 0 aliphatic heterocycles. The van der Waals surface area contributed by atoms with Gasteiger partial charge in [-0.1, -0.05) is 0 Å². The fourth-order valence-electron chi connectivity index (χ4n) is 1.38. The van der Waals surface area contributed by atoms with Crippen molar-refractivity contribution in [1.82, 2.24) is 20.5 Å². The lowest BCUT2D eigenvalue weighted by Crippen LogP contribution is -2.25. The van der Waals surface area contributed by atoms with E-state index in [4.69, 9.17) is 5.84 Å². The van der Waals surface area contributed by atoms with Gasteiger partial charge >= 0.3 is 0 Å². The predicted octanol–water partition coefficient (Wildman–Crippen LogP) is 0.783. The van der Waals surface area contributed by atoms with Crippen molar-refractivity contribution in [2.45, 2.75) is 6.54 Å². The van der Waals surface area contributed by atoms with Gasteiger partial charge in [0.2, 0.25) is 0 Å². The van der Waals surface area contributed by atoms with Gasteiger partial charge < -0.3 is 10.7 Å². The van der Waals surface area contributed by atoms with Crippen LogP contribution in [0.5, 0.6) is 0 Å². The van der Waals surface area contributed by atoms with Gasteiger partial charge in [0.05, 0.1) is 11.8 Å². The number of nitrogen functional groups attached to an aromatic ring is 1. The van der Waals surface area contributed by atoms with Gasteiger partial charge in [0.1, 0.15) is 0 Å². The van der Waals surface area contributed by atoms with Crippen LogP contribution in [-0.2, 0) is 6.54 Å². The Kier molecular flexibility index (Phi) is 3.90. The average molecular weight is 311 g/mol. The highest BCUT2D eigenvalue weighted by Crippen LogP contribution is 2.17. The van der Waals surface area contributed by atoms with Crippen LogP contribution in [0.2, 0.25) is 0 Å². The van der Waals surface area contributed by atoms with Crippen LogP contribution in [0.3, 0.4) is 0 Å². The topological polar surface area (TPSA) is 109 Å². The van der Waals surface area contributed by atoms with E-state index in [2.05, 4.69) is 41.9 Å². The van der Waals surface area contributed by atoms with E-state index in [0.717, 1.165) is 5.56 Å². The second-order valence-corrected chi connectivity index (χ2v) is 4.40. The smallest absolute Gasteiger partial charge is 0.255 e. The molecule has 0 bridgehead atoms. The lowest BCUT2D eigenvalue weighted by molar-refractivity contribution is 0.0951. The molecule has 0 fully saturated rings. The van der Waals surface area contributed by atoms with Gasteiger partial charge in [-0.25, -0.2) is 10.8 Å². The Morgan fingerprint density at radius 2 is 2.33 bits per heavy atom. The molecule has 0 saturated carbocycles. The van der Waals surface area contributed by atoms with Gasteiger partial charge in [-0.15, -0.1) is 0 Å². The number of pyridine rings is 1. The Hall–Kier alpha value is -1.93. The number of carbonyl (C=O) groups excluding carboxylic acids is 1. The molecule has 0 saturated heterocycles. The molecule has 0 atom stereocenters. The van der Waals surface area contributed by atoms with Gasteiger partial charge in [-0.3, -0.25) is 9.89 Å². The predicted molar refractivity (Wildman–Crippen MR) is 69.5 cm³/mol. The molecular formula is C10H11BrN6O. The number of amides is 1. The average Bonchev–Trinajstić information content (AvgIpc) is 2.89. The maximum Gasteiger partial charge on any atom is 0.255 e. The van der Waals surface area contributed by atoms with Gasteiger partial charge in [-0.2, -0.15) is 5.10 Å². The fourth-order valence-corrected chi connectivity index (χ4v) is 1.71. The maximum absolute atomic E-state index is 12.0. The van der Waals surface area contributed by atoms with Crippen molar-refractivity contribution in [3.8, 4) is 0 Å². The molecule has 5 N–H and O–H groups in total. The molecule has 0 aliphatic rings.